The highest BCUT2D eigenvalue weighted by molar-refractivity contribution is 6.30. The Morgan fingerprint density at radius 1 is 1.44 bits per heavy atom. The third-order valence-electron chi connectivity index (χ3n) is 3.46. The fourth-order valence-electron chi connectivity index (χ4n) is 2.20. The Balaban J connectivity index is 2.15. The summed E-state index contributed by atoms with van der Waals surface area (Å²) in [5.74, 6) is 0.984. The Morgan fingerprint density at radius 3 is 2.62 bits per heavy atom. The molecule has 88 valence electrons. The van der Waals surface area contributed by atoms with E-state index in [1.807, 2.05) is 6.07 Å². The van der Waals surface area contributed by atoms with Gasteiger partial charge < -0.3 is 0 Å². The minimum absolute atomic E-state index is 0.0990. The van der Waals surface area contributed by atoms with Gasteiger partial charge in [-0.25, -0.2) is 4.39 Å². The van der Waals surface area contributed by atoms with Crippen LogP contribution >= 0.6 is 23.2 Å². The predicted molar refractivity (Wildman–Crippen MR) is 66.7 cm³/mol. The van der Waals surface area contributed by atoms with Crippen LogP contribution in [0.3, 0.4) is 0 Å². The number of halogens is 3. The van der Waals surface area contributed by atoms with Gasteiger partial charge in [0.2, 0.25) is 0 Å². The molecule has 0 N–H and O–H groups in total. The molecule has 0 nitrogen and oxygen atoms in total. The van der Waals surface area contributed by atoms with E-state index in [1.54, 1.807) is 6.07 Å². The molecule has 1 atom stereocenters. The molecule has 0 radical (unpaired) electrons. The van der Waals surface area contributed by atoms with E-state index in [-0.39, 0.29) is 16.3 Å². The Morgan fingerprint density at radius 2 is 2.12 bits per heavy atom. The van der Waals surface area contributed by atoms with Crippen LogP contribution in [0.4, 0.5) is 4.39 Å². The molecule has 1 aromatic rings. The summed E-state index contributed by atoms with van der Waals surface area (Å²) in [6.45, 7) is 2.18. The largest absolute Gasteiger partial charge is 0.205 e. The Kier molecular flexibility index (Phi) is 3.46. The lowest BCUT2D eigenvalue weighted by Crippen LogP contribution is -2.24. The van der Waals surface area contributed by atoms with Gasteiger partial charge >= 0.3 is 0 Å². The Bertz CT molecular complexity index is 388. The predicted octanol–water partition coefficient (Wildman–Crippen LogP) is 4.68. The topological polar surface area (TPSA) is 0 Å². The highest BCUT2D eigenvalue weighted by atomic mass is 35.5. The molecule has 1 aliphatic carbocycles. The van der Waals surface area contributed by atoms with Gasteiger partial charge in [0.25, 0.3) is 0 Å². The summed E-state index contributed by atoms with van der Waals surface area (Å²) < 4.78 is 13.3. The van der Waals surface area contributed by atoms with Gasteiger partial charge in [0, 0.05) is 5.88 Å². The Labute approximate surface area is 106 Å². The van der Waals surface area contributed by atoms with Gasteiger partial charge in [-0.05, 0) is 48.3 Å². The number of benzene rings is 1. The molecule has 16 heavy (non-hydrogen) atoms. The van der Waals surface area contributed by atoms with Crippen molar-refractivity contribution in [2.24, 2.45) is 11.3 Å². The smallest absolute Gasteiger partial charge is 0.142 e. The molecule has 1 aliphatic rings. The van der Waals surface area contributed by atoms with Crippen molar-refractivity contribution in [2.75, 3.05) is 5.88 Å². The van der Waals surface area contributed by atoms with Gasteiger partial charge in [0.1, 0.15) is 5.82 Å². The number of rotatable bonds is 4. The molecule has 0 spiro atoms. The van der Waals surface area contributed by atoms with E-state index in [0.717, 1.165) is 12.0 Å². The minimum Gasteiger partial charge on any atom is -0.205 e. The molecule has 0 bridgehead atoms. The van der Waals surface area contributed by atoms with E-state index in [2.05, 4.69) is 6.92 Å². The van der Waals surface area contributed by atoms with Crippen molar-refractivity contribution in [3.05, 3.63) is 34.6 Å². The first-order valence-electron chi connectivity index (χ1n) is 5.55. The molecular formula is C13H15Cl2F. The molecule has 0 aromatic heterocycles. The second-order valence-corrected chi connectivity index (χ2v) is 5.66. The number of hydrogen-bond acceptors (Lipinski definition) is 0. The maximum absolute atomic E-state index is 13.3. The van der Waals surface area contributed by atoms with Crippen LogP contribution in [-0.4, -0.2) is 5.88 Å². The molecule has 0 amide bonds. The van der Waals surface area contributed by atoms with Gasteiger partial charge in [-0.1, -0.05) is 24.6 Å². The summed E-state index contributed by atoms with van der Waals surface area (Å²) in [5.41, 5.74) is 1.08. The van der Waals surface area contributed by atoms with Crippen LogP contribution in [0.2, 0.25) is 5.02 Å². The van der Waals surface area contributed by atoms with Gasteiger partial charge in [-0.2, -0.15) is 0 Å². The van der Waals surface area contributed by atoms with Crippen LogP contribution in [0.25, 0.3) is 0 Å². The second kappa shape index (κ2) is 4.54. The maximum Gasteiger partial charge on any atom is 0.142 e. The molecule has 1 fully saturated rings. The van der Waals surface area contributed by atoms with Crippen molar-refractivity contribution in [1.29, 1.82) is 0 Å². The number of alkyl halides is 1. The van der Waals surface area contributed by atoms with E-state index in [9.17, 15) is 4.39 Å². The molecule has 1 aromatic carbocycles. The molecular weight excluding hydrogens is 246 g/mol. The minimum atomic E-state index is -0.341. The van der Waals surface area contributed by atoms with E-state index in [0.29, 0.717) is 11.8 Å². The average Bonchev–Trinajstić information content (AvgIpc) is 3.07. The normalized spacial score (nSPS) is 19.5. The molecule has 1 saturated carbocycles. The molecule has 0 aliphatic heterocycles. The standard InChI is InChI=1S/C13H15Cl2F/c1-13(8-14,10-3-4-10)7-9-2-5-11(15)12(16)6-9/h2,5-6,10H,3-4,7-8H2,1H3. The highest BCUT2D eigenvalue weighted by Gasteiger charge is 2.40. The molecule has 3 heteroatoms. The first kappa shape index (κ1) is 12.2. The van der Waals surface area contributed by atoms with Crippen molar-refractivity contribution in [3.63, 3.8) is 0 Å². The maximum atomic E-state index is 13.3. The number of hydrogen-bond donors (Lipinski definition) is 0. The van der Waals surface area contributed by atoms with Crippen LogP contribution < -0.4 is 0 Å². The van der Waals surface area contributed by atoms with Crippen LogP contribution in [0, 0.1) is 17.2 Å². The fourth-order valence-corrected chi connectivity index (χ4v) is 2.63. The van der Waals surface area contributed by atoms with Crippen LogP contribution in [0.5, 0.6) is 0 Å². The van der Waals surface area contributed by atoms with E-state index >= 15 is 0 Å². The molecule has 2 rings (SSSR count). The van der Waals surface area contributed by atoms with E-state index in [1.165, 1.54) is 18.9 Å². The monoisotopic (exact) mass is 260 g/mol. The van der Waals surface area contributed by atoms with Crippen molar-refractivity contribution in [3.8, 4) is 0 Å². The quantitative estimate of drug-likeness (QED) is 0.690. The summed E-state index contributed by atoms with van der Waals surface area (Å²) in [4.78, 5) is 0. The van der Waals surface area contributed by atoms with Crippen molar-refractivity contribution < 1.29 is 4.39 Å². The van der Waals surface area contributed by atoms with Gasteiger partial charge in [0.05, 0.1) is 5.02 Å². The third-order valence-corrected chi connectivity index (χ3v) is 4.38. The lowest BCUT2D eigenvalue weighted by molar-refractivity contribution is 0.313. The lowest BCUT2D eigenvalue weighted by Gasteiger charge is -2.27. The van der Waals surface area contributed by atoms with Crippen LogP contribution in [0.15, 0.2) is 18.2 Å². The zero-order valence-electron chi connectivity index (χ0n) is 9.27. The second-order valence-electron chi connectivity index (χ2n) is 4.99. The van der Waals surface area contributed by atoms with E-state index in [4.69, 9.17) is 23.2 Å². The first-order valence-corrected chi connectivity index (χ1v) is 6.46. The zero-order valence-corrected chi connectivity index (χ0v) is 10.8. The lowest BCUT2D eigenvalue weighted by atomic mass is 9.81. The third kappa shape index (κ3) is 2.52. The van der Waals surface area contributed by atoms with Crippen molar-refractivity contribution in [2.45, 2.75) is 26.2 Å². The van der Waals surface area contributed by atoms with Gasteiger partial charge in [-0.15, -0.1) is 11.6 Å². The summed E-state index contributed by atoms with van der Waals surface area (Å²) in [6, 6.07) is 5.03. The Hall–Kier alpha value is -0.270. The summed E-state index contributed by atoms with van der Waals surface area (Å²) in [7, 11) is 0. The molecule has 0 saturated heterocycles. The van der Waals surface area contributed by atoms with Gasteiger partial charge in [-0.3, -0.25) is 0 Å². The van der Waals surface area contributed by atoms with Crippen molar-refractivity contribution in [1.82, 2.24) is 0 Å². The molecule has 0 heterocycles. The summed E-state index contributed by atoms with van der Waals surface area (Å²) >= 11 is 11.7. The van der Waals surface area contributed by atoms with Crippen LogP contribution in [-0.2, 0) is 6.42 Å². The average molecular weight is 261 g/mol. The highest BCUT2D eigenvalue weighted by Crippen LogP contribution is 2.48. The SMILES string of the molecule is CC(CCl)(Cc1ccc(Cl)c(F)c1)C1CC1. The van der Waals surface area contributed by atoms with Crippen LogP contribution in [0.1, 0.15) is 25.3 Å². The van der Waals surface area contributed by atoms with E-state index < -0.39 is 0 Å². The first-order chi connectivity index (χ1) is 7.55. The van der Waals surface area contributed by atoms with Gasteiger partial charge in [0.15, 0.2) is 0 Å². The summed E-state index contributed by atoms with van der Waals surface area (Å²) in [5, 5.41) is 0.183. The molecule has 1 unspecified atom stereocenters. The fraction of sp³-hybridized carbons (Fsp3) is 0.538. The summed E-state index contributed by atoms with van der Waals surface area (Å²) in [6.07, 6.45) is 3.33. The zero-order chi connectivity index (χ0) is 11.8. The van der Waals surface area contributed by atoms with Crippen molar-refractivity contribution >= 4 is 23.2 Å².